The summed E-state index contributed by atoms with van der Waals surface area (Å²) in [5.41, 5.74) is -2.48. The third kappa shape index (κ3) is 2.01. The van der Waals surface area contributed by atoms with Crippen molar-refractivity contribution in [3.63, 3.8) is 0 Å². The quantitative estimate of drug-likeness (QED) is 0.601. The van der Waals surface area contributed by atoms with E-state index in [1.165, 1.54) is 19.1 Å². The van der Waals surface area contributed by atoms with Crippen LogP contribution in [0.1, 0.15) is 26.7 Å². The third-order valence-electron chi connectivity index (χ3n) is 5.65. The van der Waals surface area contributed by atoms with Gasteiger partial charge in [0, 0.05) is 24.3 Å². The number of allylic oxidation sites excluding steroid dienone is 1. The molecule has 2 aliphatic carbocycles. The molecule has 1 heterocycles. The summed E-state index contributed by atoms with van der Waals surface area (Å²) in [6.07, 6.45) is 3.07. The van der Waals surface area contributed by atoms with Crippen LogP contribution in [0.4, 0.5) is 0 Å². The highest BCUT2D eigenvalue weighted by molar-refractivity contribution is 6.01. The van der Waals surface area contributed by atoms with E-state index in [4.69, 9.17) is 9.47 Å². The molecule has 6 heteroatoms. The van der Waals surface area contributed by atoms with E-state index >= 15 is 0 Å². The van der Waals surface area contributed by atoms with Crippen molar-refractivity contribution in [2.45, 2.75) is 38.4 Å². The Morgan fingerprint density at radius 3 is 2.83 bits per heavy atom. The molecule has 1 saturated heterocycles. The van der Waals surface area contributed by atoms with Crippen molar-refractivity contribution in [3.05, 3.63) is 24.3 Å². The average molecular weight is 320 g/mol. The van der Waals surface area contributed by atoms with Crippen molar-refractivity contribution in [2.24, 2.45) is 17.3 Å². The predicted octanol–water partition coefficient (Wildman–Crippen LogP) is 0.934. The minimum atomic E-state index is -1.52. The van der Waals surface area contributed by atoms with Crippen LogP contribution in [0.25, 0.3) is 0 Å². The minimum absolute atomic E-state index is 0.0128. The largest absolute Gasteiger partial charge is 0.465 e. The van der Waals surface area contributed by atoms with Gasteiger partial charge in [-0.1, -0.05) is 6.58 Å². The molecule has 1 aliphatic heterocycles. The molecule has 23 heavy (non-hydrogen) atoms. The SMILES string of the molecule is C=C1C(=O)O[C@@H]2[C@H]1CC[C@H](COC(C)=O)[C@@]1(O)C=CC(=O)[C@@]21C. The molecule has 0 aromatic carbocycles. The van der Waals surface area contributed by atoms with Gasteiger partial charge in [0.05, 0.1) is 6.61 Å². The van der Waals surface area contributed by atoms with E-state index in [1.807, 2.05) is 0 Å². The summed E-state index contributed by atoms with van der Waals surface area (Å²) in [5.74, 6) is -2.00. The van der Waals surface area contributed by atoms with Gasteiger partial charge in [-0.2, -0.15) is 0 Å². The Balaban J connectivity index is 2.03. The number of hydrogen-bond donors (Lipinski definition) is 1. The lowest BCUT2D eigenvalue weighted by Crippen LogP contribution is -2.58. The van der Waals surface area contributed by atoms with Gasteiger partial charge >= 0.3 is 11.9 Å². The zero-order chi connectivity index (χ0) is 17.0. The van der Waals surface area contributed by atoms with Crippen molar-refractivity contribution in [1.82, 2.24) is 0 Å². The molecule has 0 bridgehead atoms. The summed E-state index contributed by atoms with van der Waals surface area (Å²) in [4.78, 5) is 35.6. The maximum atomic E-state index is 12.6. The second kappa shape index (κ2) is 5.03. The molecule has 3 aliphatic rings. The summed E-state index contributed by atoms with van der Waals surface area (Å²) < 4.78 is 10.5. The van der Waals surface area contributed by atoms with Crippen LogP contribution in [0, 0.1) is 17.3 Å². The van der Waals surface area contributed by atoms with Crippen molar-refractivity contribution < 1.29 is 29.0 Å². The first-order valence-corrected chi connectivity index (χ1v) is 7.71. The van der Waals surface area contributed by atoms with Crippen LogP contribution in [0.15, 0.2) is 24.3 Å². The van der Waals surface area contributed by atoms with Gasteiger partial charge in [0.2, 0.25) is 0 Å². The summed E-state index contributed by atoms with van der Waals surface area (Å²) >= 11 is 0. The van der Waals surface area contributed by atoms with E-state index in [-0.39, 0.29) is 18.3 Å². The smallest absolute Gasteiger partial charge is 0.334 e. The second-order valence-electron chi connectivity index (χ2n) is 6.76. The molecule has 3 rings (SSSR count). The average Bonchev–Trinajstić information content (AvgIpc) is 2.87. The van der Waals surface area contributed by atoms with Gasteiger partial charge in [-0.25, -0.2) is 4.79 Å². The fourth-order valence-corrected chi connectivity index (χ4v) is 4.16. The van der Waals surface area contributed by atoms with Crippen LogP contribution in [0.2, 0.25) is 0 Å². The Morgan fingerprint density at radius 1 is 1.48 bits per heavy atom. The number of esters is 2. The van der Waals surface area contributed by atoms with E-state index in [2.05, 4.69) is 6.58 Å². The number of aliphatic hydroxyl groups is 1. The lowest BCUT2D eigenvalue weighted by atomic mass is 9.64. The summed E-state index contributed by atoms with van der Waals surface area (Å²) in [7, 11) is 0. The minimum Gasteiger partial charge on any atom is -0.465 e. The maximum Gasteiger partial charge on any atom is 0.334 e. The molecule has 1 saturated carbocycles. The van der Waals surface area contributed by atoms with Gasteiger partial charge < -0.3 is 14.6 Å². The molecule has 0 amide bonds. The van der Waals surface area contributed by atoms with Crippen molar-refractivity contribution in [2.75, 3.05) is 6.61 Å². The Kier molecular flexibility index (Phi) is 3.48. The predicted molar refractivity (Wildman–Crippen MR) is 79.1 cm³/mol. The second-order valence-corrected chi connectivity index (χ2v) is 6.76. The third-order valence-corrected chi connectivity index (χ3v) is 5.65. The van der Waals surface area contributed by atoms with Gasteiger partial charge in [0.15, 0.2) is 5.78 Å². The van der Waals surface area contributed by atoms with E-state index in [1.54, 1.807) is 6.92 Å². The first kappa shape index (κ1) is 15.9. The highest BCUT2D eigenvalue weighted by atomic mass is 16.6. The lowest BCUT2D eigenvalue weighted by Gasteiger charge is -2.44. The first-order chi connectivity index (χ1) is 10.7. The monoisotopic (exact) mass is 320 g/mol. The standard InChI is InChI=1S/C17H20O6/c1-9-12-5-4-11(8-22-10(2)18)17(21)7-6-13(19)16(17,3)14(12)23-15(9)20/h6-7,11-12,14,21H,1,4-5,8H2,2-3H3/t11-,12+,14-,16+,17+/m1/s1. The fourth-order valence-electron chi connectivity index (χ4n) is 4.16. The molecule has 0 radical (unpaired) electrons. The number of fused-ring (bicyclic) bond motifs is 3. The molecular weight excluding hydrogens is 300 g/mol. The maximum absolute atomic E-state index is 12.6. The number of ether oxygens (including phenoxy) is 2. The van der Waals surface area contributed by atoms with E-state index in [0.29, 0.717) is 18.4 Å². The van der Waals surface area contributed by atoms with Crippen LogP contribution in [0.5, 0.6) is 0 Å². The van der Waals surface area contributed by atoms with Crippen molar-refractivity contribution in [1.29, 1.82) is 0 Å². The highest BCUT2D eigenvalue weighted by Crippen LogP contribution is 2.56. The lowest BCUT2D eigenvalue weighted by molar-refractivity contribution is -0.170. The molecule has 1 N–H and O–H groups in total. The number of ketones is 1. The Morgan fingerprint density at radius 2 is 2.17 bits per heavy atom. The molecule has 0 aromatic rings. The fraction of sp³-hybridized carbons (Fsp3) is 0.588. The van der Waals surface area contributed by atoms with E-state index in [9.17, 15) is 19.5 Å². The number of carbonyl (C=O) groups excluding carboxylic acids is 3. The van der Waals surface area contributed by atoms with E-state index in [0.717, 1.165) is 0 Å². The molecule has 0 aromatic heterocycles. The van der Waals surface area contributed by atoms with Crippen LogP contribution < -0.4 is 0 Å². The van der Waals surface area contributed by atoms with Crippen LogP contribution >= 0.6 is 0 Å². The van der Waals surface area contributed by atoms with Crippen LogP contribution in [0.3, 0.4) is 0 Å². The van der Waals surface area contributed by atoms with Crippen molar-refractivity contribution >= 4 is 17.7 Å². The topological polar surface area (TPSA) is 89.9 Å². The molecule has 0 unspecified atom stereocenters. The van der Waals surface area contributed by atoms with E-state index < -0.39 is 35.0 Å². The molecular formula is C17H20O6. The summed E-state index contributed by atoms with van der Waals surface area (Å²) in [5, 5.41) is 11.3. The van der Waals surface area contributed by atoms with Gasteiger partial charge in [-0.3, -0.25) is 9.59 Å². The number of rotatable bonds is 2. The highest BCUT2D eigenvalue weighted by Gasteiger charge is 2.67. The normalized spacial score (nSPS) is 42.0. The number of hydrogen-bond acceptors (Lipinski definition) is 6. The zero-order valence-electron chi connectivity index (χ0n) is 13.2. The Labute approximate surface area is 134 Å². The zero-order valence-corrected chi connectivity index (χ0v) is 13.2. The molecule has 6 nitrogen and oxygen atoms in total. The van der Waals surface area contributed by atoms with Crippen LogP contribution in [-0.4, -0.2) is 41.1 Å². The molecule has 2 fully saturated rings. The Hall–Kier alpha value is -1.95. The molecule has 5 atom stereocenters. The summed E-state index contributed by atoms with van der Waals surface area (Å²) in [6.45, 7) is 6.71. The van der Waals surface area contributed by atoms with Gasteiger partial charge in [0.1, 0.15) is 17.1 Å². The van der Waals surface area contributed by atoms with Crippen molar-refractivity contribution in [3.8, 4) is 0 Å². The number of carbonyl (C=O) groups is 3. The molecule has 0 spiro atoms. The van der Waals surface area contributed by atoms with Gasteiger partial charge in [-0.05, 0) is 31.9 Å². The Bertz CT molecular complexity index is 635. The van der Waals surface area contributed by atoms with Gasteiger partial charge in [-0.15, -0.1) is 0 Å². The first-order valence-electron chi connectivity index (χ1n) is 7.71. The molecule has 124 valence electrons. The van der Waals surface area contributed by atoms with Gasteiger partial charge in [0.25, 0.3) is 0 Å². The summed E-state index contributed by atoms with van der Waals surface area (Å²) in [6, 6.07) is 0. The van der Waals surface area contributed by atoms with Crippen LogP contribution in [-0.2, 0) is 23.9 Å².